The number of benzene rings is 2. The van der Waals surface area contributed by atoms with Gasteiger partial charge in [0.15, 0.2) is 5.78 Å². The average molecular weight is 335 g/mol. The van der Waals surface area contributed by atoms with Crippen molar-refractivity contribution < 1.29 is 9.53 Å². The van der Waals surface area contributed by atoms with E-state index in [0.29, 0.717) is 6.04 Å². The van der Waals surface area contributed by atoms with E-state index in [-0.39, 0.29) is 17.9 Å². The van der Waals surface area contributed by atoms with Crippen LogP contribution in [0.5, 0.6) is 5.75 Å². The maximum Gasteiger partial charge on any atom is 0.181 e. The van der Waals surface area contributed by atoms with E-state index in [9.17, 15) is 4.79 Å². The molecule has 0 radical (unpaired) electrons. The molecule has 2 aliphatic rings. The fraction of sp³-hybridized carbons (Fsp3) is 0.409. The Morgan fingerprint density at radius 1 is 0.960 bits per heavy atom. The van der Waals surface area contributed by atoms with E-state index in [2.05, 4.69) is 29.2 Å². The van der Waals surface area contributed by atoms with Crippen molar-refractivity contribution in [2.24, 2.45) is 0 Å². The molecule has 1 aliphatic heterocycles. The second-order valence-electron chi connectivity index (χ2n) is 7.13. The van der Waals surface area contributed by atoms with Crippen LogP contribution in [0.15, 0.2) is 54.6 Å². The van der Waals surface area contributed by atoms with Gasteiger partial charge in [-0.2, -0.15) is 0 Å². The minimum atomic E-state index is -0.0149. The third-order valence-corrected chi connectivity index (χ3v) is 5.63. The molecule has 0 N–H and O–H groups in total. The van der Waals surface area contributed by atoms with Gasteiger partial charge in [-0.3, -0.25) is 9.69 Å². The second-order valence-corrected chi connectivity index (χ2v) is 7.13. The lowest BCUT2D eigenvalue weighted by Crippen LogP contribution is -2.26. The van der Waals surface area contributed by atoms with Crippen molar-refractivity contribution >= 4 is 5.78 Å². The number of hydrogen-bond acceptors (Lipinski definition) is 3. The van der Waals surface area contributed by atoms with Gasteiger partial charge >= 0.3 is 0 Å². The molecule has 4 rings (SSSR count). The van der Waals surface area contributed by atoms with Gasteiger partial charge in [0.05, 0.1) is 19.2 Å². The van der Waals surface area contributed by atoms with Crippen LogP contribution in [0.25, 0.3) is 0 Å². The van der Waals surface area contributed by atoms with Crippen LogP contribution < -0.4 is 4.74 Å². The maximum atomic E-state index is 13.2. The number of carbonyl (C=O) groups excluding carboxylic acids is 1. The van der Waals surface area contributed by atoms with Crippen molar-refractivity contribution in [2.45, 2.75) is 50.2 Å². The zero-order valence-electron chi connectivity index (χ0n) is 14.7. The van der Waals surface area contributed by atoms with Gasteiger partial charge in [0.2, 0.25) is 0 Å². The van der Waals surface area contributed by atoms with Gasteiger partial charge in [0.1, 0.15) is 5.75 Å². The lowest BCUT2D eigenvalue weighted by molar-refractivity contribution is 0.0963. The Balaban J connectivity index is 1.59. The number of rotatable bonds is 5. The molecule has 0 bridgehead atoms. The lowest BCUT2D eigenvalue weighted by atomic mass is 9.95. The van der Waals surface area contributed by atoms with Crippen molar-refractivity contribution in [1.29, 1.82) is 0 Å². The summed E-state index contributed by atoms with van der Waals surface area (Å²) in [4.78, 5) is 15.6. The molecule has 0 aromatic heterocycles. The summed E-state index contributed by atoms with van der Waals surface area (Å²) in [6.45, 7) is 0. The van der Waals surface area contributed by atoms with Crippen molar-refractivity contribution in [3.8, 4) is 5.75 Å². The Labute approximate surface area is 149 Å². The monoisotopic (exact) mass is 335 g/mol. The number of methoxy groups -OCH3 is 1. The number of hydrogen-bond donors (Lipinski definition) is 0. The van der Waals surface area contributed by atoms with Crippen molar-refractivity contribution in [2.75, 3.05) is 7.11 Å². The minimum absolute atomic E-state index is 0.0149. The summed E-state index contributed by atoms with van der Waals surface area (Å²) in [6, 6.07) is 18.8. The Morgan fingerprint density at radius 2 is 1.64 bits per heavy atom. The molecule has 1 heterocycles. The van der Waals surface area contributed by atoms with Crippen LogP contribution in [0, 0.1) is 0 Å². The summed E-state index contributed by atoms with van der Waals surface area (Å²) in [6.07, 6.45) is 6.33. The average Bonchev–Trinajstić information content (AvgIpc) is 3.44. The molecule has 3 nitrogen and oxygen atoms in total. The Morgan fingerprint density at radius 3 is 2.28 bits per heavy atom. The molecular formula is C22H25NO2. The van der Waals surface area contributed by atoms with Gasteiger partial charge in [-0.05, 0) is 42.7 Å². The van der Waals surface area contributed by atoms with Crippen molar-refractivity contribution in [3.05, 3.63) is 65.7 Å². The van der Waals surface area contributed by atoms with Crippen LogP contribution in [0.3, 0.4) is 0 Å². The number of ether oxygens (including phenoxy) is 1. The third kappa shape index (κ3) is 3.21. The molecule has 3 atom stereocenters. The molecule has 1 saturated carbocycles. The van der Waals surface area contributed by atoms with Crippen LogP contribution in [-0.4, -0.2) is 29.9 Å². The van der Waals surface area contributed by atoms with E-state index in [0.717, 1.165) is 11.3 Å². The summed E-state index contributed by atoms with van der Waals surface area (Å²) in [7, 11) is 1.65. The van der Waals surface area contributed by atoms with Crippen LogP contribution in [0.1, 0.15) is 54.1 Å². The minimum Gasteiger partial charge on any atom is -0.497 e. The molecule has 3 heteroatoms. The van der Waals surface area contributed by atoms with Gasteiger partial charge in [-0.1, -0.05) is 49.6 Å². The predicted molar refractivity (Wildman–Crippen MR) is 99.0 cm³/mol. The summed E-state index contributed by atoms with van der Waals surface area (Å²) in [5.74, 6) is 1.03. The molecule has 1 aliphatic carbocycles. The van der Waals surface area contributed by atoms with Gasteiger partial charge in [0, 0.05) is 11.6 Å². The molecule has 1 saturated heterocycles. The van der Waals surface area contributed by atoms with Gasteiger partial charge in [-0.25, -0.2) is 0 Å². The summed E-state index contributed by atoms with van der Waals surface area (Å²) in [5, 5.41) is 0. The highest BCUT2D eigenvalue weighted by Crippen LogP contribution is 2.49. The normalized spacial score (nSPS) is 26.2. The molecule has 0 spiro atoms. The Bertz CT molecular complexity index is 719. The summed E-state index contributed by atoms with van der Waals surface area (Å²) >= 11 is 0. The van der Waals surface area contributed by atoms with Crippen LogP contribution >= 0.6 is 0 Å². The zero-order chi connectivity index (χ0) is 17.2. The number of ketones is 1. The first-order chi connectivity index (χ1) is 12.3. The van der Waals surface area contributed by atoms with Crippen LogP contribution in [0.4, 0.5) is 0 Å². The molecule has 2 fully saturated rings. The van der Waals surface area contributed by atoms with E-state index in [4.69, 9.17) is 4.74 Å². The highest BCUT2D eigenvalue weighted by atomic mass is 16.5. The molecule has 25 heavy (non-hydrogen) atoms. The first-order valence-electron chi connectivity index (χ1n) is 9.30. The molecule has 2 aromatic carbocycles. The first kappa shape index (κ1) is 16.3. The largest absolute Gasteiger partial charge is 0.497 e. The maximum absolute atomic E-state index is 13.2. The third-order valence-electron chi connectivity index (χ3n) is 5.63. The topological polar surface area (TPSA) is 29.3 Å². The molecule has 130 valence electrons. The van der Waals surface area contributed by atoms with Crippen molar-refractivity contribution in [3.63, 3.8) is 0 Å². The van der Waals surface area contributed by atoms with Gasteiger partial charge in [-0.15, -0.1) is 0 Å². The number of carbonyl (C=O) groups is 1. The molecule has 2 aromatic rings. The van der Waals surface area contributed by atoms with E-state index in [1.165, 1.54) is 37.7 Å². The quantitative estimate of drug-likeness (QED) is 0.589. The van der Waals surface area contributed by atoms with E-state index < -0.39 is 0 Å². The Kier molecular flexibility index (Phi) is 4.58. The van der Waals surface area contributed by atoms with E-state index >= 15 is 0 Å². The van der Waals surface area contributed by atoms with Crippen LogP contribution in [-0.2, 0) is 0 Å². The highest BCUT2D eigenvalue weighted by Gasteiger charge is 2.55. The summed E-state index contributed by atoms with van der Waals surface area (Å²) in [5.41, 5.74) is 2.05. The lowest BCUT2D eigenvalue weighted by Gasteiger charge is -2.24. The van der Waals surface area contributed by atoms with Gasteiger partial charge in [0.25, 0.3) is 0 Å². The second kappa shape index (κ2) is 7.01. The number of nitrogens with zero attached hydrogens (tertiary/aromatic N) is 1. The predicted octanol–water partition coefficient (Wildman–Crippen LogP) is 4.64. The fourth-order valence-corrected chi connectivity index (χ4v) is 4.29. The first-order valence-corrected chi connectivity index (χ1v) is 9.30. The smallest absolute Gasteiger partial charge is 0.181 e. The molecule has 0 amide bonds. The fourth-order valence-electron chi connectivity index (χ4n) is 4.29. The van der Waals surface area contributed by atoms with Crippen molar-refractivity contribution in [1.82, 2.24) is 4.90 Å². The Hall–Kier alpha value is -2.13. The summed E-state index contributed by atoms with van der Waals surface area (Å²) < 4.78 is 5.21. The molecule has 1 unspecified atom stereocenters. The highest BCUT2D eigenvalue weighted by molar-refractivity contribution is 6.02. The van der Waals surface area contributed by atoms with Gasteiger partial charge < -0.3 is 4.74 Å². The zero-order valence-corrected chi connectivity index (χ0v) is 14.7. The number of Topliss-reactive ketones (excluding diaryl/α,β-unsaturated/α-hetero) is 1. The van der Waals surface area contributed by atoms with E-state index in [1.807, 2.05) is 30.3 Å². The SMILES string of the molecule is COc1ccc(C(=O)[C@@H]2[C@@H](c3ccccc3)N2C2CCCCC2)cc1. The standard InChI is InChI=1S/C22H25NO2/c1-25-19-14-12-17(13-15-19)22(24)21-20(16-8-4-2-5-9-16)23(21)18-10-6-3-7-11-18/h2,4-5,8-9,12-15,18,20-21H,3,6-7,10-11H2,1H3/t20-,21+,23?/m1/s1. The molecular weight excluding hydrogens is 310 g/mol. The van der Waals surface area contributed by atoms with E-state index in [1.54, 1.807) is 7.11 Å². The van der Waals surface area contributed by atoms with Crippen LogP contribution in [0.2, 0.25) is 0 Å².